The summed E-state index contributed by atoms with van der Waals surface area (Å²) < 4.78 is 11.8. The van der Waals surface area contributed by atoms with E-state index in [1.54, 1.807) is 60.7 Å². The standard InChI is InChI=1S/C59H73N11O13/c1-33-54(76)67(3)44-27-17-18-28-45(56(78)69(5)48(35-19-9-7-10-20-35)58(80)82-31-42(51(73)61-33)65-50(72)41-30-60-39-25-15-16-26-40(39)63-41)68(4)55(77)34(2)62-52(74)43(66-53(75)47-46(71)29-37-23-13-14-24-38(37)64-47)32-83-59(81)49(70(6)57(44)79)36-21-11-8-12-22-36/h13-18,23-26,29-30,33-36,42-45,48-49,71H,7-12,19-22,27-28,31-32H2,1-6H3,(H,61,73)(H,62,74)(H,65,72)(H,66,75)/b18-17-/t33-,34-,42+,43+,44-,45-,48-,49-/m0/s1. The van der Waals surface area contributed by atoms with E-state index in [0.29, 0.717) is 60.5 Å². The minimum absolute atomic E-state index is 0.169. The number of carbonyl (C=O) groups is 10. The number of hydrogen-bond donors (Lipinski definition) is 5. The van der Waals surface area contributed by atoms with Crippen LogP contribution in [0.25, 0.3) is 21.9 Å². The second-order valence-electron chi connectivity index (χ2n) is 22.0. The van der Waals surface area contributed by atoms with Crippen LogP contribution >= 0.6 is 0 Å². The first kappa shape index (κ1) is 60.5. The van der Waals surface area contributed by atoms with Gasteiger partial charge in [-0.05, 0) is 88.5 Å². The molecule has 2 fully saturated rings. The van der Waals surface area contributed by atoms with E-state index in [2.05, 4.69) is 36.2 Å². The zero-order valence-corrected chi connectivity index (χ0v) is 47.6. The molecular formula is C59H73N11O13. The van der Waals surface area contributed by atoms with E-state index in [-0.39, 0.29) is 18.5 Å². The van der Waals surface area contributed by atoms with E-state index in [9.17, 15) is 43.5 Å². The molecule has 2 aliphatic carbocycles. The van der Waals surface area contributed by atoms with Gasteiger partial charge in [-0.3, -0.25) is 43.3 Å². The molecular weight excluding hydrogens is 1070 g/mol. The maximum absolute atomic E-state index is 15.3. The number of fused-ring (bicyclic) bond motifs is 6. The number of esters is 2. The topological polar surface area (TPSA) is 309 Å². The van der Waals surface area contributed by atoms with Crippen LogP contribution in [-0.4, -0.2) is 189 Å². The number of para-hydroxylation sites is 3. The average Bonchev–Trinajstić information content (AvgIpc) is 3.69. The van der Waals surface area contributed by atoms with E-state index in [1.807, 2.05) is 0 Å². The fourth-order valence-corrected chi connectivity index (χ4v) is 11.6. The van der Waals surface area contributed by atoms with E-state index in [0.717, 1.165) is 35.5 Å². The van der Waals surface area contributed by atoms with Gasteiger partial charge in [0.25, 0.3) is 11.8 Å². The van der Waals surface area contributed by atoms with E-state index >= 15 is 9.59 Å². The fraction of sp³-hybridized carbons (Fsp3) is 0.508. The lowest BCUT2D eigenvalue weighted by molar-refractivity contribution is -0.161. The molecule has 0 radical (unpaired) electrons. The van der Waals surface area contributed by atoms with Crippen molar-refractivity contribution in [3.05, 3.63) is 84.3 Å². The number of likely N-dealkylation sites (N-methyl/N-ethyl adjacent to an activating group) is 4. The van der Waals surface area contributed by atoms with E-state index < -0.39 is 144 Å². The van der Waals surface area contributed by atoms with Crippen LogP contribution in [0.15, 0.2) is 72.9 Å². The predicted octanol–water partition coefficient (Wildman–Crippen LogP) is 2.71. The van der Waals surface area contributed by atoms with Crippen molar-refractivity contribution in [1.82, 2.24) is 55.8 Å². The van der Waals surface area contributed by atoms with Crippen molar-refractivity contribution >= 4 is 81.1 Å². The number of cyclic esters (lactones) is 2. The van der Waals surface area contributed by atoms with Crippen LogP contribution in [0.5, 0.6) is 5.75 Å². The number of aromatic nitrogens is 3. The summed E-state index contributed by atoms with van der Waals surface area (Å²) in [6.45, 7) is 1.15. The molecule has 5 N–H and O–H groups in total. The fourth-order valence-electron chi connectivity index (χ4n) is 11.6. The highest BCUT2D eigenvalue weighted by Gasteiger charge is 2.44. The van der Waals surface area contributed by atoms with Gasteiger partial charge in [-0.2, -0.15) is 0 Å². The quantitative estimate of drug-likeness (QED) is 0.137. The third-order valence-electron chi connectivity index (χ3n) is 16.4. The van der Waals surface area contributed by atoms with E-state index in [1.165, 1.54) is 64.1 Å². The van der Waals surface area contributed by atoms with Crippen molar-refractivity contribution in [2.45, 2.75) is 139 Å². The zero-order chi connectivity index (χ0) is 59.6. The summed E-state index contributed by atoms with van der Waals surface area (Å²) in [4.78, 5) is 164. The van der Waals surface area contributed by atoms with Crippen molar-refractivity contribution in [2.24, 2.45) is 11.8 Å². The van der Waals surface area contributed by atoms with Gasteiger partial charge >= 0.3 is 11.9 Å². The molecule has 2 aliphatic heterocycles. The maximum atomic E-state index is 15.3. The highest BCUT2D eigenvalue weighted by atomic mass is 16.5. The lowest BCUT2D eigenvalue weighted by Gasteiger charge is -2.39. The summed E-state index contributed by atoms with van der Waals surface area (Å²) in [5.41, 5.74) is 0.621. The predicted molar refractivity (Wildman–Crippen MR) is 300 cm³/mol. The van der Waals surface area contributed by atoms with E-state index in [4.69, 9.17) is 9.47 Å². The Hall–Kier alpha value is -8.57. The minimum atomic E-state index is -1.73. The van der Waals surface area contributed by atoms with Crippen LogP contribution in [0, 0.1) is 11.8 Å². The number of hydrogen-bond acceptors (Lipinski definition) is 16. The molecule has 24 nitrogen and oxygen atoms in total. The molecule has 0 spiro atoms. The molecule has 2 aromatic heterocycles. The Labute approximate surface area is 480 Å². The van der Waals surface area contributed by atoms with Crippen LogP contribution in [0.1, 0.15) is 112 Å². The maximum Gasteiger partial charge on any atom is 0.329 e. The number of ether oxygens (including phenoxy) is 2. The van der Waals surface area contributed by atoms with Crippen LogP contribution in [0.2, 0.25) is 0 Å². The first-order chi connectivity index (χ1) is 39.7. The highest BCUT2D eigenvalue weighted by molar-refractivity contribution is 6.02. The number of rotatable bonds is 6. The summed E-state index contributed by atoms with van der Waals surface area (Å²) in [7, 11) is 5.51. The molecule has 2 aromatic carbocycles. The molecule has 2 saturated carbocycles. The van der Waals surface area contributed by atoms with Gasteiger partial charge in [0.15, 0.2) is 5.69 Å². The summed E-state index contributed by atoms with van der Waals surface area (Å²) in [5.74, 6) is -10.1. The summed E-state index contributed by atoms with van der Waals surface area (Å²) in [5, 5.41) is 21.8. The van der Waals surface area contributed by atoms with Gasteiger partial charge in [-0.25, -0.2) is 19.6 Å². The Morgan fingerprint density at radius 3 is 1.51 bits per heavy atom. The SMILES string of the molecule is C[C@@H]1NC(=O)[C@H](NC(=O)c2cnc3ccccc3n2)COC(=O)[C@H](C2CCCCC2)N(C)C(=O)[C@@H]2C/C=C\C[C@@H](C(=O)N(C)[C@@H](C3CCCCC3)C(=O)OC[C@@H](NC(=O)c3nc4ccccc4cc3O)C(=O)N[C@@H](C)C(=O)N2C)N(C)C1=O. The largest absolute Gasteiger partial charge is 0.505 e. The Balaban J connectivity index is 1.19. The molecule has 4 aliphatic rings. The molecule has 83 heavy (non-hydrogen) atoms. The summed E-state index contributed by atoms with van der Waals surface area (Å²) in [6.07, 6.45) is 10.6. The van der Waals surface area contributed by atoms with Gasteiger partial charge in [-0.15, -0.1) is 0 Å². The molecule has 0 unspecified atom stereocenters. The number of amides is 8. The molecule has 8 amide bonds. The Bertz CT molecular complexity index is 3160. The lowest BCUT2D eigenvalue weighted by Crippen LogP contribution is -2.60. The van der Waals surface area contributed by atoms with Gasteiger partial charge < -0.3 is 55.4 Å². The molecule has 2 bridgehead atoms. The van der Waals surface area contributed by atoms with Gasteiger partial charge in [0, 0.05) is 33.6 Å². The summed E-state index contributed by atoms with van der Waals surface area (Å²) >= 11 is 0. The number of nitrogens with one attached hydrogen (secondary N) is 4. The normalized spacial score (nSPS) is 26.4. The van der Waals surface area contributed by atoms with Crippen molar-refractivity contribution in [2.75, 3.05) is 41.4 Å². The van der Waals surface area contributed by atoms with Crippen LogP contribution in [0.4, 0.5) is 0 Å². The molecule has 442 valence electrons. The molecule has 24 heteroatoms. The molecule has 0 saturated heterocycles. The van der Waals surface area contributed by atoms with Crippen molar-refractivity contribution in [1.29, 1.82) is 0 Å². The molecule has 8 atom stereocenters. The van der Waals surface area contributed by atoms with Crippen molar-refractivity contribution < 1.29 is 62.5 Å². The third-order valence-corrected chi connectivity index (χ3v) is 16.4. The van der Waals surface area contributed by atoms with Gasteiger partial charge in [0.2, 0.25) is 35.4 Å². The van der Waals surface area contributed by atoms with Gasteiger partial charge in [-0.1, -0.05) is 81.0 Å². The van der Waals surface area contributed by atoms with Crippen LogP contribution < -0.4 is 21.3 Å². The van der Waals surface area contributed by atoms with Gasteiger partial charge in [0.1, 0.15) is 73.0 Å². The highest BCUT2D eigenvalue weighted by Crippen LogP contribution is 2.33. The second kappa shape index (κ2) is 27.0. The van der Waals surface area contributed by atoms with Gasteiger partial charge in [0.05, 0.1) is 22.7 Å². The number of benzene rings is 2. The monoisotopic (exact) mass is 1140 g/mol. The first-order valence-electron chi connectivity index (χ1n) is 28.3. The lowest BCUT2D eigenvalue weighted by atomic mass is 9.83. The number of nitrogens with zero attached hydrogens (tertiary/aromatic N) is 7. The second-order valence-corrected chi connectivity index (χ2v) is 22.0. The molecule has 8 rings (SSSR count). The number of pyridine rings is 1. The first-order valence-corrected chi connectivity index (χ1v) is 28.3. The number of carbonyl (C=O) groups excluding carboxylic acids is 10. The Morgan fingerprint density at radius 2 is 1.01 bits per heavy atom. The number of aromatic hydroxyl groups is 1. The Kier molecular flexibility index (Phi) is 19.7. The average molecular weight is 1140 g/mol. The summed E-state index contributed by atoms with van der Waals surface area (Å²) in [6, 6.07) is 3.36. The zero-order valence-electron chi connectivity index (χ0n) is 47.6. The van der Waals surface area contributed by atoms with Crippen LogP contribution in [-0.2, 0) is 47.8 Å². The van der Waals surface area contributed by atoms with Crippen molar-refractivity contribution in [3.8, 4) is 5.75 Å². The smallest absolute Gasteiger partial charge is 0.329 e. The minimum Gasteiger partial charge on any atom is -0.505 e. The van der Waals surface area contributed by atoms with Crippen LogP contribution in [0.3, 0.4) is 0 Å². The molecule has 4 heterocycles. The third kappa shape index (κ3) is 14.0. The Morgan fingerprint density at radius 1 is 0.566 bits per heavy atom. The molecule has 4 aromatic rings. The van der Waals surface area contributed by atoms with Crippen molar-refractivity contribution in [3.63, 3.8) is 0 Å².